The van der Waals surface area contributed by atoms with E-state index in [9.17, 15) is 4.79 Å². The fraction of sp³-hybridized carbons (Fsp3) is 0.696. The summed E-state index contributed by atoms with van der Waals surface area (Å²) < 4.78 is 5.61. The van der Waals surface area contributed by atoms with E-state index in [-0.39, 0.29) is 22.0 Å². The highest BCUT2D eigenvalue weighted by atomic mass is 16.4. The molecule has 4 heteroatoms. The van der Waals surface area contributed by atoms with Crippen molar-refractivity contribution in [2.75, 3.05) is 0 Å². The third-order valence-corrected chi connectivity index (χ3v) is 9.15. The maximum absolute atomic E-state index is 11.9. The summed E-state index contributed by atoms with van der Waals surface area (Å²) in [7, 11) is 0. The highest BCUT2D eigenvalue weighted by Gasteiger charge is 2.62. The van der Waals surface area contributed by atoms with E-state index in [1.807, 2.05) is 0 Å². The Kier molecular flexibility index (Phi) is 3.30. The minimum atomic E-state index is -0.341. The lowest BCUT2D eigenvalue weighted by Crippen LogP contribution is -2.60. The number of oxazole rings is 1. The highest BCUT2D eigenvalue weighted by Crippen LogP contribution is 2.68. The molecule has 3 aliphatic carbocycles. The molecular weight excluding hydrogens is 336 g/mol. The second-order valence-electron chi connectivity index (χ2n) is 10.7. The van der Waals surface area contributed by atoms with Gasteiger partial charge in [-0.2, -0.15) is 0 Å². The molecule has 1 aromatic heterocycles. The Morgan fingerprint density at radius 1 is 1.15 bits per heavy atom. The summed E-state index contributed by atoms with van der Waals surface area (Å²) in [5.41, 5.74) is 12.9. The van der Waals surface area contributed by atoms with Crippen molar-refractivity contribution < 1.29 is 4.42 Å². The summed E-state index contributed by atoms with van der Waals surface area (Å²) in [6, 6.07) is 2.40. The minimum absolute atomic E-state index is 0.159. The average molecular weight is 369 g/mol. The van der Waals surface area contributed by atoms with Gasteiger partial charge in [-0.15, -0.1) is 0 Å². The van der Waals surface area contributed by atoms with Gasteiger partial charge in [-0.25, -0.2) is 4.79 Å². The third-order valence-electron chi connectivity index (χ3n) is 9.15. The Labute approximate surface area is 160 Å². The van der Waals surface area contributed by atoms with Crippen LogP contribution in [0.4, 0.5) is 0 Å². The maximum atomic E-state index is 11.9. The predicted octanol–water partition coefficient (Wildman–Crippen LogP) is 4.42. The lowest BCUT2D eigenvalue weighted by molar-refractivity contribution is -0.107. The smallest absolute Gasteiger partial charge is 0.408 e. The van der Waals surface area contributed by atoms with Crippen LogP contribution in [0, 0.1) is 29.6 Å². The zero-order valence-electron chi connectivity index (χ0n) is 17.2. The molecule has 5 rings (SSSR count). The summed E-state index contributed by atoms with van der Waals surface area (Å²) in [5.74, 6) is 0.886. The number of aryl methyl sites for hydroxylation is 1. The van der Waals surface area contributed by atoms with E-state index in [0.717, 1.165) is 23.9 Å². The Hall–Kier alpha value is -1.55. The van der Waals surface area contributed by atoms with Gasteiger partial charge in [0.05, 0.1) is 5.52 Å². The Morgan fingerprint density at radius 3 is 2.63 bits per heavy atom. The van der Waals surface area contributed by atoms with Crippen molar-refractivity contribution in [1.82, 2.24) is 4.98 Å². The first kappa shape index (κ1) is 17.5. The Bertz CT molecular complexity index is 1000. The van der Waals surface area contributed by atoms with Gasteiger partial charge in [0.15, 0.2) is 5.58 Å². The van der Waals surface area contributed by atoms with Crippen molar-refractivity contribution in [2.24, 2.45) is 28.4 Å². The number of nitrogens with two attached hydrogens (primary N) is 1. The van der Waals surface area contributed by atoms with Gasteiger partial charge in [0.25, 0.3) is 0 Å². The van der Waals surface area contributed by atoms with Crippen molar-refractivity contribution in [3.05, 3.63) is 33.3 Å². The first-order chi connectivity index (χ1) is 12.6. The molecule has 0 radical (unpaired) electrons. The molecule has 1 heterocycles. The van der Waals surface area contributed by atoms with Crippen LogP contribution in [0.5, 0.6) is 0 Å². The summed E-state index contributed by atoms with van der Waals surface area (Å²) in [6.45, 7) is 12.0. The van der Waals surface area contributed by atoms with Crippen LogP contribution in [-0.2, 0) is 11.8 Å². The van der Waals surface area contributed by atoms with Crippen molar-refractivity contribution in [3.63, 3.8) is 0 Å². The number of nitrogens with one attached hydrogen (secondary N) is 1. The van der Waals surface area contributed by atoms with Gasteiger partial charge in [0, 0.05) is 11.6 Å². The van der Waals surface area contributed by atoms with Crippen LogP contribution in [0.15, 0.2) is 15.3 Å². The van der Waals surface area contributed by atoms with Crippen molar-refractivity contribution in [1.29, 1.82) is 0 Å². The summed E-state index contributed by atoms with van der Waals surface area (Å²) in [6.07, 6.45) is 5.76. The fourth-order valence-corrected chi connectivity index (χ4v) is 7.84. The van der Waals surface area contributed by atoms with Gasteiger partial charge in [0.1, 0.15) is 0 Å². The molecule has 1 aromatic carbocycles. The molecule has 2 saturated carbocycles. The molecular formula is C23H32N2O2. The van der Waals surface area contributed by atoms with E-state index in [0.29, 0.717) is 17.9 Å². The van der Waals surface area contributed by atoms with Crippen LogP contribution in [0.3, 0.4) is 0 Å². The normalized spacial score (nSPS) is 39.9. The number of H-pyrrole nitrogens is 1. The lowest BCUT2D eigenvalue weighted by atomic mass is 9.42. The second kappa shape index (κ2) is 5.08. The first-order valence-electron chi connectivity index (χ1n) is 10.5. The molecule has 5 atom stereocenters. The Morgan fingerprint density at radius 2 is 1.89 bits per heavy atom. The van der Waals surface area contributed by atoms with Gasteiger partial charge >= 0.3 is 5.76 Å². The number of benzene rings is 1. The van der Waals surface area contributed by atoms with Gasteiger partial charge in [0.2, 0.25) is 0 Å². The highest BCUT2D eigenvalue weighted by molar-refractivity contribution is 5.80. The average Bonchev–Trinajstić information content (AvgIpc) is 3.09. The van der Waals surface area contributed by atoms with E-state index in [4.69, 9.17) is 10.2 Å². The van der Waals surface area contributed by atoms with E-state index in [1.165, 1.54) is 36.0 Å². The Balaban J connectivity index is 1.70. The van der Waals surface area contributed by atoms with E-state index >= 15 is 0 Å². The van der Waals surface area contributed by atoms with Gasteiger partial charge in [-0.3, -0.25) is 4.98 Å². The van der Waals surface area contributed by atoms with Gasteiger partial charge in [-0.1, -0.05) is 27.7 Å². The maximum Gasteiger partial charge on any atom is 0.417 e. The number of aromatic amines is 1. The molecule has 2 aromatic rings. The number of rotatable bonds is 0. The molecule has 4 nitrogen and oxygen atoms in total. The molecule has 3 aliphatic rings. The molecule has 5 unspecified atom stereocenters. The van der Waals surface area contributed by atoms with Gasteiger partial charge < -0.3 is 10.2 Å². The lowest BCUT2D eigenvalue weighted by Gasteiger charge is -2.62. The van der Waals surface area contributed by atoms with E-state index in [1.54, 1.807) is 0 Å². The van der Waals surface area contributed by atoms with Crippen LogP contribution < -0.4 is 11.5 Å². The quantitative estimate of drug-likeness (QED) is 0.723. The van der Waals surface area contributed by atoms with Crippen LogP contribution in [0.1, 0.15) is 70.1 Å². The molecule has 0 bridgehead atoms. The molecule has 0 amide bonds. The summed E-state index contributed by atoms with van der Waals surface area (Å²) >= 11 is 0. The number of hydrogen-bond donors (Lipinski definition) is 2. The van der Waals surface area contributed by atoms with Crippen LogP contribution >= 0.6 is 0 Å². The monoisotopic (exact) mass is 368 g/mol. The predicted molar refractivity (Wildman–Crippen MR) is 108 cm³/mol. The summed E-state index contributed by atoms with van der Waals surface area (Å²) in [4.78, 5) is 14.7. The van der Waals surface area contributed by atoms with Gasteiger partial charge in [-0.05, 0) is 84.3 Å². The molecule has 146 valence electrons. The number of hydrogen-bond acceptors (Lipinski definition) is 3. The number of fused-ring (bicyclic) bond motifs is 7. The molecule has 0 spiro atoms. The fourth-order valence-electron chi connectivity index (χ4n) is 7.84. The van der Waals surface area contributed by atoms with Crippen molar-refractivity contribution >= 4 is 11.1 Å². The number of aromatic nitrogens is 1. The van der Waals surface area contributed by atoms with Crippen LogP contribution in [-0.4, -0.2) is 11.0 Å². The first-order valence-corrected chi connectivity index (χ1v) is 10.5. The largest absolute Gasteiger partial charge is 0.417 e. The van der Waals surface area contributed by atoms with E-state index < -0.39 is 0 Å². The summed E-state index contributed by atoms with van der Waals surface area (Å²) in [5, 5.41) is 0. The molecule has 0 aliphatic heterocycles. The SMILES string of the molecule is Cc1cc2[nH]c(=O)oc2c2c1C1(C)CCC3C(C)(C)C(N)CCC3(C)C1C2. The van der Waals surface area contributed by atoms with Crippen molar-refractivity contribution in [2.45, 2.75) is 78.2 Å². The molecule has 27 heavy (non-hydrogen) atoms. The third kappa shape index (κ3) is 2.00. The van der Waals surface area contributed by atoms with Crippen LogP contribution in [0.2, 0.25) is 0 Å². The van der Waals surface area contributed by atoms with E-state index in [2.05, 4.69) is 45.7 Å². The second-order valence-corrected chi connectivity index (χ2v) is 10.7. The standard InChI is InChI=1S/C23H32N2O2/c1-12-10-14-19(27-20(26)25-14)13-11-16-22(4)9-7-17(24)21(2,3)15(22)6-8-23(16,5)18(12)13/h10,15-17H,6-9,11,24H2,1-5H3,(H,25,26). The van der Waals surface area contributed by atoms with Crippen molar-refractivity contribution in [3.8, 4) is 0 Å². The zero-order valence-corrected chi connectivity index (χ0v) is 17.2. The molecule has 2 fully saturated rings. The van der Waals surface area contributed by atoms with Crippen LogP contribution in [0.25, 0.3) is 11.1 Å². The zero-order chi connectivity index (χ0) is 19.4. The minimum Gasteiger partial charge on any atom is -0.408 e. The molecule has 0 saturated heterocycles. The molecule has 3 N–H and O–H groups in total. The topological polar surface area (TPSA) is 72.0 Å².